The summed E-state index contributed by atoms with van der Waals surface area (Å²) in [6, 6.07) is 3.19. The van der Waals surface area contributed by atoms with Gasteiger partial charge in [0.15, 0.2) is 17.6 Å². The number of ether oxygens (including phenoxy) is 3. The summed E-state index contributed by atoms with van der Waals surface area (Å²) in [7, 11) is 1.45. The van der Waals surface area contributed by atoms with E-state index in [0.717, 1.165) is 0 Å². The van der Waals surface area contributed by atoms with Crippen LogP contribution < -0.4 is 20.9 Å². The molecule has 0 saturated heterocycles. The number of rotatable bonds is 7. The molecular weight excluding hydrogens is 324 g/mol. The number of hydrogen-bond donors (Lipinski definition) is 2. The van der Waals surface area contributed by atoms with Crippen LogP contribution in [0.1, 0.15) is 19.4 Å². The summed E-state index contributed by atoms with van der Waals surface area (Å²) < 4.78 is 15.6. The van der Waals surface area contributed by atoms with Crippen LogP contribution in [-0.2, 0) is 9.53 Å². The second-order valence-corrected chi connectivity index (χ2v) is 4.72. The topological polar surface area (TPSA) is 122 Å². The highest BCUT2D eigenvalue weighted by molar-refractivity contribution is 6.32. The van der Waals surface area contributed by atoms with E-state index in [9.17, 15) is 4.79 Å². The zero-order valence-electron chi connectivity index (χ0n) is 13.1. The first-order chi connectivity index (χ1) is 10.9. The molecule has 0 saturated carbocycles. The largest absolute Gasteiger partial charge is 0.493 e. The number of benzene rings is 1. The average molecular weight is 343 g/mol. The minimum absolute atomic E-state index is 0.164. The number of guanidine groups is 1. The van der Waals surface area contributed by atoms with E-state index in [1.54, 1.807) is 26.0 Å². The quantitative estimate of drug-likeness (QED) is 0.333. The van der Waals surface area contributed by atoms with Gasteiger partial charge in [-0.2, -0.15) is 5.10 Å². The molecule has 1 rings (SSSR count). The second-order valence-electron chi connectivity index (χ2n) is 4.32. The number of hydrogen-bond acceptors (Lipinski definition) is 6. The fourth-order valence-electron chi connectivity index (χ4n) is 1.58. The van der Waals surface area contributed by atoms with Crippen molar-refractivity contribution in [1.29, 1.82) is 0 Å². The molecule has 0 aliphatic heterocycles. The van der Waals surface area contributed by atoms with Crippen LogP contribution in [0.4, 0.5) is 0 Å². The number of carbonyl (C=O) groups excluding carboxylic acids is 1. The molecule has 23 heavy (non-hydrogen) atoms. The molecule has 0 amide bonds. The highest BCUT2D eigenvalue weighted by Gasteiger charge is 2.20. The summed E-state index contributed by atoms with van der Waals surface area (Å²) in [5, 5.41) is 7.41. The maximum atomic E-state index is 11.6. The van der Waals surface area contributed by atoms with Gasteiger partial charge in [-0.05, 0) is 26.0 Å². The van der Waals surface area contributed by atoms with E-state index in [-0.39, 0.29) is 23.3 Å². The fourth-order valence-corrected chi connectivity index (χ4v) is 1.84. The first-order valence-corrected chi connectivity index (χ1v) is 7.09. The minimum atomic E-state index is -0.831. The zero-order valence-corrected chi connectivity index (χ0v) is 13.8. The molecule has 1 atom stereocenters. The van der Waals surface area contributed by atoms with Crippen LogP contribution in [0, 0.1) is 0 Å². The molecule has 0 aliphatic carbocycles. The Labute approximate surface area is 139 Å². The molecule has 8 nitrogen and oxygen atoms in total. The van der Waals surface area contributed by atoms with E-state index in [1.807, 2.05) is 0 Å². The third kappa shape index (κ3) is 5.67. The molecule has 0 spiro atoms. The maximum Gasteiger partial charge on any atom is 0.347 e. The van der Waals surface area contributed by atoms with Crippen LogP contribution in [0.25, 0.3) is 0 Å². The van der Waals surface area contributed by atoms with E-state index in [2.05, 4.69) is 10.2 Å². The molecule has 126 valence electrons. The van der Waals surface area contributed by atoms with Crippen molar-refractivity contribution in [3.8, 4) is 11.5 Å². The predicted molar refractivity (Wildman–Crippen MR) is 88.1 cm³/mol. The van der Waals surface area contributed by atoms with Gasteiger partial charge < -0.3 is 25.7 Å². The van der Waals surface area contributed by atoms with Crippen molar-refractivity contribution < 1.29 is 19.0 Å². The van der Waals surface area contributed by atoms with Crippen LogP contribution in [0.5, 0.6) is 11.5 Å². The Morgan fingerprint density at radius 2 is 2.13 bits per heavy atom. The van der Waals surface area contributed by atoms with Crippen LogP contribution in [-0.4, -0.2) is 38.0 Å². The Hall–Kier alpha value is -2.48. The summed E-state index contributed by atoms with van der Waals surface area (Å²) in [5.41, 5.74) is 10.9. The first kappa shape index (κ1) is 18.6. The normalized spacial score (nSPS) is 11.8. The van der Waals surface area contributed by atoms with Crippen LogP contribution in [0.3, 0.4) is 0 Å². The van der Waals surface area contributed by atoms with Crippen molar-refractivity contribution in [3.63, 3.8) is 0 Å². The van der Waals surface area contributed by atoms with Gasteiger partial charge in [0.05, 0.1) is 25.0 Å². The number of carbonyl (C=O) groups is 1. The Kier molecular flexibility index (Phi) is 7.14. The highest BCUT2D eigenvalue weighted by Crippen LogP contribution is 2.36. The molecule has 1 aromatic rings. The first-order valence-electron chi connectivity index (χ1n) is 6.71. The lowest BCUT2D eigenvalue weighted by molar-refractivity contribution is -0.150. The van der Waals surface area contributed by atoms with E-state index < -0.39 is 12.1 Å². The Morgan fingerprint density at radius 3 is 2.70 bits per heavy atom. The summed E-state index contributed by atoms with van der Waals surface area (Å²) in [6.45, 7) is 3.53. The van der Waals surface area contributed by atoms with Gasteiger partial charge in [-0.1, -0.05) is 11.6 Å². The molecule has 0 fully saturated rings. The van der Waals surface area contributed by atoms with Crippen LogP contribution in [0.2, 0.25) is 5.02 Å². The average Bonchev–Trinajstić information content (AvgIpc) is 2.49. The molecule has 1 unspecified atom stereocenters. The Balaban J connectivity index is 3.03. The van der Waals surface area contributed by atoms with Crippen LogP contribution in [0.15, 0.2) is 22.3 Å². The summed E-state index contributed by atoms with van der Waals surface area (Å²) >= 11 is 6.18. The lowest BCUT2D eigenvalue weighted by Crippen LogP contribution is -2.26. The molecule has 0 bridgehead atoms. The summed E-state index contributed by atoms with van der Waals surface area (Å²) in [4.78, 5) is 11.6. The molecular formula is C14H19ClN4O4. The van der Waals surface area contributed by atoms with Gasteiger partial charge >= 0.3 is 5.97 Å². The number of nitrogens with zero attached hydrogens (tertiary/aromatic N) is 2. The molecule has 0 heterocycles. The zero-order chi connectivity index (χ0) is 17.4. The van der Waals surface area contributed by atoms with Crippen molar-refractivity contribution >= 4 is 29.7 Å². The molecule has 0 aromatic heterocycles. The number of methoxy groups -OCH3 is 1. The molecule has 9 heteroatoms. The van der Waals surface area contributed by atoms with Gasteiger partial charge in [0.25, 0.3) is 0 Å². The van der Waals surface area contributed by atoms with Crippen molar-refractivity contribution in [2.24, 2.45) is 21.7 Å². The number of halogens is 1. The van der Waals surface area contributed by atoms with E-state index in [1.165, 1.54) is 13.3 Å². The Morgan fingerprint density at radius 1 is 1.43 bits per heavy atom. The molecule has 0 aliphatic rings. The van der Waals surface area contributed by atoms with E-state index in [0.29, 0.717) is 11.3 Å². The highest BCUT2D eigenvalue weighted by atomic mass is 35.5. The third-order valence-corrected chi connectivity index (χ3v) is 2.83. The lowest BCUT2D eigenvalue weighted by atomic mass is 10.2. The Bertz CT molecular complexity index is 615. The van der Waals surface area contributed by atoms with Gasteiger partial charge in [0.2, 0.25) is 5.96 Å². The van der Waals surface area contributed by atoms with Crippen molar-refractivity contribution in [2.75, 3.05) is 13.7 Å². The van der Waals surface area contributed by atoms with Crippen molar-refractivity contribution in [3.05, 3.63) is 22.7 Å². The van der Waals surface area contributed by atoms with Gasteiger partial charge in [-0.3, -0.25) is 0 Å². The van der Waals surface area contributed by atoms with Crippen LogP contribution >= 0.6 is 11.6 Å². The lowest BCUT2D eigenvalue weighted by Gasteiger charge is -2.17. The van der Waals surface area contributed by atoms with Gasteiger partial charge in [-0.15, -0.1) is 5.10 Å². The predicted octanol–water partition coefficient (Wildman–Crippen LogP) is 1.29. The number of nitrogens with two attached hydrogens (primary N) is 2. The molecule has 1 aromatic carbocycles. The molecule has 0 radical (unpaired) electrons. The fraction of sp³-hybridized carbons (Fsp3) is 0.357. The van der Waals surface area contributed by atoms with Gasteiger partial charge in [0, 0.05) is 5.56 Å². The minimum Gasteiger partial charge on any atom is -0.493 e. The summed E-state index contributed by atoms with van der Waals surface area (Å²) in [5.74, 6) is -0.0972. The monoisotopic (exact) mass is 342 g/mol. The second kappa shape index (κ2) is 8.84. The van der Waals surface area contributed by atoms with Gasteiger partial charge in [0.1, 0.15) is 0 Å². The van der Waals surface area contributed by atoms with Gasteiger partial charge in [-0.25, -0.2) is 4.79 Å². The van der Waals surface area contributed by atoms with Crippen molar-refractivity contribution in [2.45, 2.75) is 20.0 Å². The SMILES string of the molecule is CCOC(=O)C(C)Oc1c(Cl)cc(C=NN=C(N)N)cc1OC. The number of esters is 1. The smallest absolute Gasteiger partial charge is 0.347 e. The molecule has 4 N–H and O–H groups in total. The maximum absolute atomic E-state index is 11.6. The summed E-state index contributed by atoms with van der Waals surface area (Å²) in [6.07, 6.45) is 0.564. The standard InChI is InChI=1S/C14H19ClN4O4/c1-4-22-13(20)8(2)23-12-10(15)5-9(6-11(12)21-3)7-18-19-14(16)17/h5-8H,4H2,1-3H3,(H4,16,17,19). The van der Waals surface area contributed by atoms with E-state index in [4.69, 9.17) is 37.3 Å². The van der Waals surface area contributed by atoms with E-state index >= 15 is 0 Å². The van der Waals surface area contributed by atoms with Crippen molar-refractivity contribution in [1.82, 2.24) is 0 Å². The third-order valence-electron chi connectivity index (χ3n) is 2.54.